The van der Waals surface area contributed by atoms with Crippen LogP contribution >= 0.6 is 0 Å². The summed E-state index contributed by atoms with van der Waals surface area (Å²) in [6, 6.07) is 13.7. The van der Waals surface area contributed by atoms with Gasteiger partial charge in [0.05, 0.1) is 46.7 Å². The third-order valence-corrected chi connectivity index (χ3v) is 7.25. The molecule has 7 rings (SSSR count). The summed E-state index contributed by atoms with van der Waals surface area (Å²) in [6.07, 6.45) is 12.1. The Morgan fingerprint density at radius 3 is 2.74 bits per heavy atom. The van der Waals surface area contributed by atoms with Crippen LogP contribution in [0.1, 0.15) is 32.1 Å². The molecule has 0 atom stereocenters. The molecule has 0 spiro atoms. The van der Waals surface area contributed by atoms with Crippen LogP contribution in [0.3, 0.4) is 0 Å². The summed E-state index contributed by atoms with van der Waals surface area (Å²) >= 11 is 0. The molecule has 0 aliphatic heterocycles. The van der Waals surface area contributed by atoms with Gasteiger partial charge in [-0.2, -0.15) is 5.10 Å². The Morgan fingerprint density at radius 2 is 1.87 bits per heavy atom. The van der Waals surface area contributed by atoms with Crippen molar-refractivity contribution in [1.82, 2.24) is 30.1 Å². The van der Waals surface area contributed by atoms with E-state index in [1.807, 2.05) is 42.5 Å². The van der Waals surface area contributed by atoms with E-state index >= 15 is 0 Å². The molecule has 1 saturated carbocycles. The van der Waals surface area contributed by atoms with Gasteiger partial charge in [-0.15, -0.1) is 0 Å². The lowest BCUT2D eigenvalue weighted by atomic mass is 9.88. The number of para-hydroxylation sites is 1. The number of hydrogen-bond acceptors (Lipinski definition) is 6. The van der Waals surface area contributed by atoms with Gasteiger partial charge in [-0.1, -0.05) is 31.4 Å². The highest BCUT2D eigenvalue weighted by molar-refractivity contribution is 5.96. The van der Waals surface area contributed by atoms with Crippen LogP contribution in [0.2, 0.25) is 0 Å². The fourth-order valence-electron chi connectivity index (χ4n) is 5.28. The van der Waals surface area contributed by atoms with E-state index in [1.54, 1.807) is 24.9 Å². The van der Waals surface area contributed by atoms with Crippen LogP contribution in [0.15, 0.2) is 71.8 Å². The highest BCUT2D eigenvalue weighted by Gasteiger charge is 2.21. The molecule has 0 saturated heterocycles. The lowest BCUT2D eigenvalue weighted by molar-refractivity contribution is -0.120. The van der Waals surface area contributed by atoms with Gasteiger partial charge in [-0.25, -0.2) is 9.97 Å². The molecule has 6 aromatic rings. The second-order valence-electron chi connectivity index (χ2n) is 9.75. The maximum absolute atomic E-state index is 12.7. The van der Waals surface area contributed by atoms with E-state index in [4.69, 9.17) is 14.4 Å². The SMILES string of the molecule is O=C(Nc1cncc(-c2ccc3[nH]nc(-c4nc5c(-c6ccoc6)cccc5[nH]4)c3n2)c1)C1CCCCC1. The van der Waals surface area contributed by atoms with Gasteiger partial charge >= 0.3 is 0 Å². The molecule has 9 nitrogen and oxygen atoms in total. The fourth-order valence-corrected chi connectivity index (χ4v) is 5.28. The molecular formula is C29H25N7O2. The normalized spacial score (nSPS) is 14.3. The number of hydrogen-bond donors (Lipinski definition) is 3. The Balaban J connectivity index is 1.23. The molecule has 188 valence electrons. The van der Waals surface area contributed by atoms with Gasteiger partial charge in [-0.3, -0.25) is 14.9 Å². The number of nitrogens with one attached hydrogen (secondary N) is 3. The van der Waals surface area contributed by atoms with Crippen molar-refractivity contribution in [2.75, 3.05) is 5.32 Å². The zero-order chi connectivity index (χ0) is 25.5. The molecule has 5 aromatic heterocycles. The molecular weight excluding hydrogens is 478 g/mol. The van der Waals surface area contributed by atoms with Gasteiger partial charge in [0.15, 0.2) is 11.5 Å². The number of aromatic nitrogens is 6. The van der Waals surface area contributed by atoms with Crippen LogP contribution in [0.25, 0.3) is 56.0 Å². The van der Waals surface area contributed by atoms with E-state index in [1.165, 1.54) is 6.42 Å². The summed E-state index contributed by atoms with van der Waals surface area (Å²) in [5.41, 5.74) is 8.02. The summed E-state index contributed by atoms with van der Waals surface area (Å²) in [5.74, 6) is 0.774. The molecule has 0 radical (unpaired) electrons. The number of pyridine rings is 2. The number of furan rings is 1. The first-order valence-corrected chi connectivity index (χ1v) is 12.9. The van der Waals surface area contributed by atoms with E-state index in [2.05, 4.69) is 25.5 Å². The van der Waals surface area contributed by atoms with Crippen molar-refractivity contribution in [3.05, 3.63) is 67.4 Å². The van der Waals surface area contributed by atoms with E-state index in [0.29, 0.717) is 22.7 Å². The van der Waals surface area contributed by atoms with Crippen molar-refractivity contribution in [2.24, 2.45) is 5.92 Å². The largest absolute Gasteiger partial charge is 0.472 e. The molecule has 1 fully saturated rings. The Hall–Kier alpha value is -4.79. The predicted molar refractivity (Wildman–Crippen MR) is 145 cm³/mol. The van der Waals surface area contributed by atoms with Gasteiger partial charge in [0.2, 0.25) is 5.91 Å². The van der Waals surface area contributed by atoms with E-state index in [9.17, 15) is 4.79 Å². The number of fused-ring (bicyclic) bond motifs is 2. The van der Waals surface area contributed by atoms with Crippen molar-refractivity contribution in [1.29, 1.82) is 0 Å². The first-order valence-electron chi connectivity index (χ1n) is 12.9. The van der Waals surface area contributed by atoms with E-state index < -0.39 is 0 Å². The molecule has 9 heteroatoms. The predicted octanol–water partition coefficient (Wildman–Crippen LogP) is 6.34. The van der Waals surface area contributed by atoms with Gasteiger partial charge in [0, 0.05) is 28.8 Å². The highest BCUT2D eigenvalue weighted by atomic mass is 16.3. The van der Waals surface area contributed by atoms with Crippen molar-refractivity contribution in [3.8, 4) is 33.9 Å². The van der Waals surface area contributed by atoms with Crippen LogP contribution in [0.4, 0.5) is 5.69 Å². The van der Waals surface area contributed by atoms with Crippen LogP contribution in [0.5, 0.6) is 0 Å². The third-order valence-electron chi connectivity index (χ3n) is 7.25. The van der Waals surface area contributed by atoms with Gasteiger partial charge < -0.3 is 14.7 Å². The molecule has 1 aliphatic rings. The summed E-state index contributed by atoms with van der Waals surface area (Å²) in [7, 11) is 0. The quantitative estimate of drug-likeness (QED) is 0.252. The van der Waals surface area contributed by atoms with Crippen molar-refractivity contribution >= 4 is 33.7 Å². The molecule has 1 amide bonds. The maximum atomic E-state index is 12.7. The number of carbonyl (C=O) groups excluding carboxylic acids is 1. The summed E-state index contributed by atoms with van der Waals surface area (Å²) in [6.45, 7) is 0. The molecule has 0 unspecified atom stereocenters. The topological polar surface area (TPSA) is 125 Å². The van der Waals surface area contributed by atoms with Crippen LogP contribution < -0.4 is 5.32 Å². The van der Waals surface area contributed by atoms with Gasteiger partial charge in [0.25, 0.3) is 0 Å². The number of amides is 1. The highest BCUT2D eigenvalue weighted by Crippen LogP contribution is 2.32. The second kappa shape index (κ2) is 9.26. The number of anilines is 1. The number of H-pyrrole nitrogens is 2. The molecule has 1 aliphatic carbocycles. The number of nitrogens with zero attached hydrogens (tertiary/aromatic N) is 4. The van der Waals surface area contributed by atoms with Crippen LogP contribution in [-0.2, 0) is 4.79 Å². The van der Waals surface area contributed by atoms with Crippen molar-refractivity contribution in [2.45, 2.75) is 32.1 Å². The number of imidazole rings is 1. The minimum Gasteiger partial charge on any atom is -0.472 e. The fraction of sp³-hybridized carbons (Fsp3) is 0.207. The first-order chi connectivity index (χ1) is 18.7. The Labute approximate surface area is 217 Å². The third kappa shape index (κ3) is 4.02. The zero-order valence-corrected chi connectivity index (χ0v) is 20.6. The number of aromatic amines is 2. The number of benzene rings is 1. The average Bonchev–Trinajstić information content (AvgIpc) is 3.73. The molecule has 1 aromatic carbocycles. The zero-order valence-electron chi connectivity index (χ0n) is 20.6. The van der Waals surface area contributed by atoms with Crippen molar-refractivity contribution < 1.29 is 9.21 Å². The molecule has 5 heterocycles. The number of carbonyl (C=O) groups is 1. The summed E-state index contributed by atoms with van der Waals surface area (Å²) in [5, 5.41) is 10.6. The monoisotopic (exact) mass is 503 g/mol. The molecule has 38 heavy (non-hydrogen) atoms. The van der Waals surface area contributed by atoms with Crippen LogP contribution in [0, 0.1) is 5.92 Å². The minimum absolute atomic E-state index is 0.0730. The maximum Gasteiger partial charge on any atom is 0.227 e. The smallest absolute Gasteiger partial charge is 0.227 e. The number of rotatable bonds is 5. The Kier molecular flexibility index (Phi) is 5.46. The second-order valence-corrected chi connectivity index (χ2v) is 9.75. The van der Waals surface area contributed by atoms with E-state index in [-0.39, 0.29) is 11.8 Å². The van der Waals surface area contributed by atoms with Gasteiger partial charge in [-0.05, 0) is 43.2 Å². The summed E-state index contributed by atoms with van der Waals surface area (Å²) in [4.78, 5) is 30.3. The Morgan fingerprint density at radius 1 is 0.947 bits per heavy atom. The van der Waals surface area contributed by atoms with E-state index in [0.717, 1.165) is 64.6 Å². The molecule has 3 N–H and O–H groups in total. The van der Waals surface area contributed by atoms with Crippen molar-refractivity contribution in [3.63, 3.8) is 0 Å². The lowest BCUT2D eigenvalue weighted by Crippen LogP contribution is -2.24. The van der Waals surface area contributed by atoms with Gasteiger partial charge in [0.1, 0.15) is 5.52 Å². The van der Waals surface area contributed by atoms with Crippen LogP contribution in [-0.4, -0.2) is 36.0 Å². The first kappa shape index (κ1) is 22.4. The Bertz CT molecular complexity index is 1760. The average molecular weight is 504 g/mol. The molecule has 0 bridgehead atoms. The lowest BCUT2D eigenvalue weighted by Gasteiger charge is -2.20. The summed E-state index contributed by atoms with van der Waals surface area (Å²) < 4.78 is 5.28. The standard InChI is InChI=1S/C29H25N7O2/c37-29(17-5-2-1-3-6-17)31-20-13-19(14-30-15-20)22-9-10-24-26(32-22)27(36-35-24)28-33-23-8-4-7-21(25(23)34-28)18-11-12-38-16-18/h4,7-17H,1-3,5-6H2,(H,31,37)(H,33,34)(H,35,36). The minimum atomic E-state index is 0.0730.